The van der Waals surface area contributed by atoms with Crippen LogP contribution < -0.4 is 5.32 Å². The van der Waals surface area contributed by atoms with Gasteiger partial charge in [-0.25, -0.2) is 4.98 Å². The third kappa shape index (κ3) is 4.96. The maximum Gasteiger partial charge on any atom is 0.220 e. The summed E-state index contributed by atoms with van der Waals surface area (Å²) in [6, 6.07) is 0. The van der Waals surface area contributed by atoms with E-state index in [-0.39, 0.29) is 11.3 Å². The van der Waals surface area contributed by atoms with Crippen molar-refractivity contribution in [3.8, 4) is 0 Å². The van der Waals surface area contributed by atoms with Gasteiger partial charge < -0.3 is 9.73 Å². The molecule has 4 heteroatoms. The number of carbonyl (C=O) groups is 1. The number of amides is 1. The fourth-order valence-electron chi connectivity index (χ4n) is 1.37. The number of rotatable bonds is 4. The first-order valence-electron chi connectivity index (χ1n) is 5.55. The third-order valence-electron chi connectivity index (χ3n) is 2.02. The molecule has 1 aromatic rings. The van der Waals surface area contributed by atoms with Crippen molar-refractivity contribution in [1.29, 1.82) is 0 Å². The summed E-state index contributed by atoms with van der Waals surface area (Å²) in [6.07, 6.45) is 2.87. The van der Waals surface area contributed by atoms with Gasteiger partial charge in [0.2, 0.25) is 5.91 Å². The number of nitrogens with one attached hydrogen (secondary N) is 1. The summed E-state index contributed by atoms with van der Waals surface area (Å²) in [5, 5.41) is 2.86. The van der Waals surface area contributed by atoms with Gasteiger partial charge in [-0.1, -0.05) is 20.8 Å². The number of hydrogen-bond donors (Lipinski definition) is 1. The Labute approximate surface area is 96.4 Å². The Morgan fingerprint density at radius 2 is 2.19 bits per heavy atom. The third-order valence-corrected chi connectivity index (χ3v) is 2.02. The molecular formula is C12H20N2O2. The summed E-state index contributed by atoms with van der Waals surface area (Å²) in [4.78, 5) is 15.6. The zero-order chi connectivity index (χ0) is 12.2. The molecule has 16 heavy (non-hydrogen) atoms. The van der Waals surface area contributed by atoms with Crippen LogP contribution in [0, 0.1) is 12.3 Å². The van der Waals surface area contributed by atoms with Gasteiger partial charge in [-0.05, 0) is 12.3 Å². The van der Waals surface area contributed by atoms with E-state index in [2.05, 4.69) is 10.3 Å². The van der Waals surface area contributed by atoms with Crippen molar-refractivity contribution < 1.29 is 9.21 Å². The highest BCUT2D eigenvalue weighted by Gasteiger charge is 2.15. The maximum absolute atomic E-state index is 11.5. The van der Waals surface area contributed by atoms with Gasteiger partial charge in [0.15, 0.2) is 5.89 Å². The lowest BCUT2D eigenvalue weighted by molar-refractivity contribution is -0.122. The molecule has 0 aliphatic heterocycles. The highest BCUT2D eigenvalue weighted by Crippen LogP contribution is 2.17. The van der Waals surface area contributed by atoms with Crippen LogP contribution >= 0.6 is 0 Å². The number of carbonyl (C=O) groups excluding carboxylic acids is 1. The Morgan fingerprint density at radius 3 is 2.69 bits per heavy atom. The van der Waals surface area contributed by atoms with Crippen molar-refractivity contribution in [3.05, 3.63) is 17.8 Å². The summed E-state index contributed by atoms with van der Waals surface area (Å²) < 4.78 is 5.30. The molecule has 0 radical (unpaired) electrons. The first kappa shape index (κ1) is 12.7. The second-order valence-electron chi connectivity index (χ2n) is 5.20. The average molecular weight is 224 g/mol. The van der Waals surface area contributed by atoms with Gasteiger partial charge in [0.25, 0.3) is 0 Å². The summed E-state index contributed by atoms with van der Waals surface area (Å²) >= 11 is 0. The number of nitrogens with zero attached hydrogens (tertiary/aromatic N) is 1. The molecule has 0 aliphatic carbocycles. The summed E-state index contributed by atoms with van der Waals surface area (Å²) in [5.41, 5.74) is 0.0314. The summed E-state index contributed by atoms with van der Waals surface area (Å²) in [7, 11) is 0. The fraction of sp³-hybridized carbons (Fsp3) is 0.667. The smallest absolute Gasteiger partial charge is 0.220 e. The van der Waals surface area contributed by atoms with Crippen LogP contribution in [0.25, 0.3) is 0 Å². The Kier molecular flexibility index (Phi) is 4.10. The molecule has 0 bridgehead atoms. The first-order chi connectivity index (χ1) is 7.37. The van der Waals surface area contributed by atoms with Crippen LogP contribution in [0.5, 0.6) is 0 Å². The van der Waals surface area contributed by atoms with E-state index in [1.807, 2.05) is 27.7 Å². The second kappa shape index (κ2) is 5.14. The molecule has 0 spiro atoms. The van der Waals surface area contributed by atoms with Crippen molar-refractivity contribution in [2.24, 2.45) is 5.41 Å². The molecule has 0 aromatic carbocycles. The molecule has 90 valence electrons. The van der Waals surface area contributed by atoms with Gasteiger partial charge >= 0.3 is 0 Å². The lowest BCUT2D eigenvalue weighted by Gasteiger charge is -2.16. The molecule has 0 aliphatic rings. The van der Waals surface area contributed by atoms with Crippen LogP contribution in [0.2, 0.25) is 0 Å². The van der Waals surface area contributed by atoms with E-state index in [1.54, 1.807) is 6.20 Å². The van der Waals surface area contributed by atoms with Gasteiger partial charge in [0.05, 0.1) is 6.20 Å². The standard InChI is InChI=1S/C12H20N2O2/c1-9-8-14-11(16-9)5-6-13-10(15)7-12(2,3)4/h8H,5-7H2,1-4H3,(H,13,15). The molecule has 0 unspecified atom stereocenters. The first-order valence-corrected chi connectivity index (χ1v) is 5.55. The number of hydrogen-bond acceptors (Lipinski definition) is 3. The average Bonchev–Trinajstić information content (AvgIpc) is 2.48. The zero-order valence-electron chi connectivity index (χ0n) is 10.5. The van der Waals surface area contributed by atoms with Crippen LogP contribution in [-0.4, -0.2) is 17.4 Å². The number of oxazole rings is 1. The molecule has 4 nitrogen and oxygen atoms in total. The largest absolute Gasteiger partial charge is 0.446 e. The van der Waals surface area contributed by atoms with Crippen LogP contribution in [0.3, 0.4) is 0 Å². The minimum absolute atomic E-state index is 0.0314. The second-order valence-corrected chi connectivity index (χ2v) is 5.20. The Bertz CT molecular complexity index is 350. The molecule has 1 N–H and O–H groups in total. The van der Waals surface area contributed by atoms with Crippen molar-refractivity contribution in [2.45, 2.75) is 40.5 Å². The molecule has 0 saturated heterocycles. The fourth-order valence-corrected chi connectivity index (χ4v) is 1.37. The van der Waals surface area contributed by atoms with Crippen LogP contribution in [-0.2, 0) is 11.2 Å². The lowest BCUT2D eigenvalue weighted by Crippen LogP contribution is -2.29. The highest BCUT2D eigenvalue weighted by molar-refractivity contribution is 5.76. The van der Waals surface area contributed by atoms with E-state index in [1.165, 1.54) is 0 Å². The zero-order valence-corrected chi connectivity index (χ0v) is 10.5. The van der Waals surface area contributed by atoms with Crippen molar-refractivity contribution >= 4 is 5.91 Å². The summed E-state index contributed by atoms with van der Waals surface area (Å²) in [5.74, 6) is 1.56. The molecule has 0 fully saturated rings. The minimum atomic E-state index is 0.0314. The van der Waals surface area contributed by atoms with Crippen molar-refractivity contribution in [3.63, 3.8) is 0 Å². The number of aryl methyl sites for hydroxylation is 1. The van der Waals surface area contributed by atoms with E-state index >= 15 is 0 Å². The van der Waals surface area contributed by atoms with Gasteiger partial charge in [-0.15, -0.1) is 0 Å². The minimum Gasteiger partial charge on any atom is -0.446 e. The van der Waals surface area contributed by atoms with Gasteiger partial charge in [0, 0.05) is 19.4 Å². The highest BCUT2D eigenvalue weighted by atomic mass is 16.4. The van der Waals surface area contributed by atoms with Gasteiger partial charge in [-0.3, -0.25) is 4.79 Å². The molecule has 0 atom stereocenters. The van der Waals surface area contributed by atoms with Crippen molar-refractivity contribution in [2.75, 3.05) is 6.54 Å². The van der Waals surface area contributed by atoms with E-state index in [0.29, 0.717) is 25.3 Å². The Hall–Kier alpha value is -1.32. The maximum atomic E-state index is 11.5. The predicted molar refractivity (Wildman–Crippen MR) is 62.0 cm³/mol. The van der Waals surface area contributed by atoms with Crippen LogP contribution in [0.15, 0.2) is 10.6 Å². The predicted octanol–water partition coefficient (Wildman–Crippen LogP) is 2.08. The SMILES string of the molecule is Cc1cnc(CCNC(=O)CC(C)(C)C)o1. The van der Waals surface area contributed by atoms with E-state index in [9.17, 15) is 4.79 Å². The Morgan fingerprint density at radius 1 is 1.50 bits per heavy atom. The van der Waals surface area contributed by atoms with Crippen molar-refractivity contribution in [1.82, 2.24) is 10.3 Å². The van der Waals surface area contributed by atoms with Crippen LogP contribution in [0.4, 0.5) is 0 Å². The normalized spacial score (nSPS) is 11.5. The van der Waals surface area contributed by atoms with Gasteiger partial charge in [-0.2, -0.15) is 0 Å². The molecule has 1 rings (SSSR count). The molecular weight excluding hydrogens is 204 g/mol. The molecule has 1 amide bonds. The monoisotopic (exact) mass is 224 g/mol. The molecule has 0 saturated carbocycles. The van der Waals surface area contributed by atoms with E-state index in [0.717, 1.165) is 5.76 Å². The van der Waals surface area contributed by atoms with E-state index < -0.39 is 0 Å². The molecule has 1 heterocycles. The lowest BCUT2D eigenvalue weighted by atomic mass is 9.92. The molecule has 1 aromatic heterocycles. The number of aromatic nitrogens is 1. The van der Waals surface area contributed by atoms with Crippen LogP contribution in [0.1, 0.15) is 38.8 Å². The van der Waals surface area contributed by atoms with Gasteiger partial charge in [0.1, 0.15) is 5.76 Å². The Balaban J connectivity index is 2.23. The van der Waals surface area contributed by atoms with E-state index in [4.69, 9.17) is 4.42 Å². The quantitative estimate of drug-likeness (QED) is 0.851. The summed E-state index contributed by atoms with van der Waals surface area (Å²) in [6.45, 7) is 8.57. The topological polar surface area (TPSA) is 55.1 Å².